The number of hydrogen-bond donors (Lipinski definition) is 1. The molecule has 4 aromatic rings. The first kappa shape index (κ1) is 20.9. The van der Waals surface area contributed by atoms with Gasteiger partial charge in [-0.25, -0.2) is 0 Å². The molecule has 31 heavy (non-hydrogen) atoms. The van der Waals surface area contributed by atoms with Gasteiger partial charge in [0.2, 0.25) is 5.91 Å². The number of para-hydroxylation sites is 1. The molecule has 1 heterocycles. The van der Waals surface area contributed by atoms with Crippen molar-refractivity contribution >= 4 is 16.8 Å². The van der Waals surface area contributed by atoms with Gasteiger partial charge >= 0.3 is 0 Å². The van der Waals surface area contributed by atoms with Gasteiger partial charge < -0.3 is 9.88 Å². The zero-order valence-electron chi connectivity index (χ0n) is 18.3. The van der Waals surface area contributed by atoms with Crippen LogP contribution in [-0.4, -0.2) is 10.5 Å². The van der Waals surface area contributed by atoms with Crippen molar-refractivity contribution in [1.82, 2.24) is 9.88 Å². The largest absolute Gasteiger partial charge is 0.352 e. The minimum absolute atomic E-state index is 0.0133. The Morgan fingerprint density at radius 3 is 2.29 bits per heavy atom. The van der Waals surface area contributed by atoms with Gasteiger partial charge in [-0.1, -0.05) is 85.8 Å². The minimum Gasteiger partial charge on any atom is -0.352 e. The third-order valence-electron chi connectivity index (χ3n) is 6.03. The highest BCUT2D eigenvalue weighted by atomic mass is 16.1. The Kier molecular flexibility index (Phi) is 6.51. The Morgan fingerprint density at radius 2 is 1.61 bits per heavy atom. The van der Waals surface area contributed by atoms with E-state index in [1.807, 2.05) is 36.4 Å². The number of nitrogens with zero attached hydrogens (tertiary/aromatic N) is 1. The molecule has 1 aromatic heterocycles. The van der Waals surface area contributed by atoms with Crippen LogP contribution in [-0.2, 0) is 24.3 Å². The summed E-state index contributed by atoms with van der Waals surface area (Å²) in [5.74, 6) is 0.0844. The first-order valence-corrected chi connectivity index (χ1v) is 11.2. The molecule has 1 unspecified atom stereocenters. The molecule has 0 saturated heterocycles. The summed E-state index contributed by atoms with van der Waals surface area (Å²) in [6.07, 6.45) is 3.68. The maximum absolute atomic E-state index is 13.0. The van der Waals surface area contributed by atoms with Crippen LogP contribution in [0.3, 0.4) is 0 Å². The van der Waals surface area contributed by atoms with Crippen LogP contribution in [0.1, 0.15) is 48.4 Å². The fourth-order valence-corrected chi connectivity index (χ4v) is 4.42. The molecule has 1 atom stereocenters. The molecule has 158 valence electrons. The average molecular weight is 411 g/mol. The Hall–Kier alpha value is -3.33. The number of aromatic nitrogens is 1. The Labute approximate surface area is 184 Å². The van der Waals surface area contributed by atoms with Gasteiger partial charge in [-0.15, -0.1) is 0 Å². The van der Waals surface area contributed by atoms with Crippen molar-refractivity contribution < 1.29 is 4.79 Å². The van der Waals surface area contributed by atoms with Crippen LogP contribution in [0.2, 0.25) is 0 Å². The highest BCUT2D eigenvalue weighted by molar-refractivity contribution is 5.89. The highest BCUT2D eigenvalue weighted by Gasteiger charge is 2.23. The molecule has 3 heteroatoms. The lowest BCUT2D eigenvalue weighted by Gasteiger charge is -2.17. The van der Waals surface area contributed by atoms with Gasteiger partial charge in [-0.3, -0.25) is 4.79 Å². The topological polar surface area (TPSA) is 34.0 Å². The lowest BCUT2D eigenvalue weighted by Crippen LogP contribution is -2.25. The van der Waals surface area contributed by atoms with E-state index in [9.17, 15) is 4.79 Å². The molecule has 0 aliphatic heterocycles. The van der Waals surface area contributed by atoms with Crippen LogP contribution in [0, 0.1) is 0 Å². The van der Waals surface area contributed by atoms with Crippen LogP contribution >= 0.6 is 0 Å². The van der Waals surface area contributed by atoms with Gasteiger partial charge in [0.1, 0.15) is 0 Å². The molecule has 1 N–H and O–H groups in total. The monoisotopic (exact) mass is 410 g/mol. The molecule has 0 aliphatic carbocycles. The normalized spacial score (nSPS) is 12.1. The lowest BCUT2D eigenvalue weighted by atomic mass is 9.87. The van der Waals surface area contributed by atoms with E-state index in [1.54, 1.807) is 0 Å². The molecular formula is C28H30N2O. The van der Waals surface area contributed by atoms with E-state index in [-0.39, 0.29) is 11.8 Å². The SMILES string of the molecule is CCc1cccc2c(C(CC(=O)NCc3ccccc3)c3ccccc3)cn(CC)c12. The van der Waals surface area contributed by atoms with Crippen molar-refractivity contribution in [3.05, 3.63) is 107 Å². The van der Waals surface area contributed by atoms with Gasteiger partial charge in [-0.05, 0) is 35.6 Å². The van der Waals surface area contributed by atoms with Gasteiger partial charge in [0.25, 0.3) is 0 Å². The fourth-order valence-electron chi connectivity index (χ4n) is 4.42. The van der Waals surface area contributed by atoms with E-state index in [0.29, 0.717) is 13.0 Å². The molecule has 3 nitrogen and oxygen atoms in total. The number of hydrogen-bond acceptors (Lipinski definition) is 1. The smallest absolute Gasteiger partial charge is 0.221 e. The summed E-state index contributed by atoms with van der Waals surface area (Å²) in [6, 6.07) is 27.0. The predicted molar refractivity (Wildman–Crippen MR) is 128 cm³/mol. The van der Waals surface area contributed by atoms with Crippen molar-refractivity contribution in [1.29, 1.82) is 0 Å². The molecule has 0 aliphatic rings. The fraction of sp³-hybridized carbons (Fsp3) is 0.250. The quantitative estimate of drug-likeness (QED) is 0.376. The van der Waals surface area contributed by atoms with E-state index >= 15 is 0 Å². The number of benzene rings is 3. The van der Waals surface area contributed by atoms with Crippen LogP contribution in [0.25, 0.3) is 10.9 Å². The van der Waals surface area contributed by atoms with Gasteiger partial charge in [0, 0.05) is 37.0 Å². The second-order valence-corrected chi connectivity index (χ2v) is 7.97. The van der Waals surface area contributed by atoms with Crippen molar-refractivity contribution in [2.45, 2.75) is 45.7 Å². The van der Waals surface area contributed by atoms with Crippen molar-refractivity contribution in [3.8, 4) is 0 Å². The lowest BCUT2D eigenvalue weighted by molar-refractivity contribution is -0.121. The molecule has 0 saturated carbocycles. The van der Waals surface area contributed by atoms with Gasteiger partial charge in [0.15, 0.2) is 0 Å². The zero-order chi connectivity index (χ0) is 21.6. The Balaban J connectivity index is 1.69. The van der Waals surface area contributed by atoms with E-state index in [0.717, 1.165) is 18.5 Å². The zero-order valence-corrected chi connectivity index (χ0v) is 18.3. The number of aryl methyl sites for hydroxylation is 2. The Morgan fingerprint density at radius 1 is 0.903 bits per heavy atom. The summed E-state index contributed by atoms with van der Waals surface area (Å²) in [6.45, 7) is 5.85. The summed E-state index contributed by atoms with van der Waals surface area (Å²) < 4.78 is 2.33. The van der Waals surface area contributed by atoms with E-state index < -0.39 is 0 Å². The maximum atomic E-state index is 13.0. The molecule has 0 radical (unpaired) electrons. The third-order valence-corrected chi connectivity index (χ3v) is 6.03. The highest BCUT2D eigenvalue weighted by Crippen LogP contribution is 2.36. The van der Waals surface area contributed by atoms with Gasteiger partial charge in [0.05, 0.1) is 5.52 Å². The van der Waals surface area contributed by atoms with Crippen LogP contribution in [0.4, 0.5) is 0 Å². The van der Waals surface area contributed by atoms with Gasteiger partial charge in [-0.2, -0.15) is 0 Å². The van der Waals surface area contributed by atoms with E-state index in [2.05, 4.69) is 72.4 Å². The van der Waals surface area contributed by atoms with E-state index in [4.69, 9.17) is 0 Å². The average Bonchev–Trinajstić information content (AvgIpc) is 3.21. The first-order valence-electron chi connectivity index (χ1n) is 11.2. The van der Waals surface area contributed by atoms with Crippen LogP contribution in [0.15, 0.2) is 85.1 Å². The summed E-state index contributed by atoms with van der Waals surface area (Å²) in [7, 11) is 0. The number of nitrogens with one attached hydrogen (secondary N) is 1. The molecule has 0 spiro atoms. The molecule has 0 bridgehead atoms. The summed E-state index contributed by atoms with van der Waals surface area (Å²) in [4.78, 5) is 13.0. The maximum Gasteiger partial charge on any atom is 0.221 e. The predicted octanol–water partition coefficient (Wildman–Crippen LogP) is 6.06. The number of fused-ring (bicyclic) bond motifs is 1. The number of carbonyl (C=O) groups is 1. The first-order chi connectivity index (χ1) is 15.2. The van der Waals surface area contributed by atoms with E-state index in [1.165, 1.54) is 27.6 Å². The summed E-state index contributed by atoms with van der Waals surface area (Å²) in [5, 5.41) is 4.37. The Bertz CT molecular complexity index is 1150. The molecule has 3 aromatic carbocycles. The number of carbonyl (C=O) groups excluding carboxylic acids is 1. The molecule has 4 rings (SSSR count). The van der Waals surface area contributed by atoms with Crippen molar-refractivity contribution in [3.63, 3.8) is 0 Å². The molecule has 0 fully saturated rings. The number of amides is 1. The second kappa shape index (κ2) is 9.65. The van der Waals surface area contributed by atoms with Crippen molar-refractivity contribution in [2.24, 2.45) is 0 Å². The molecular weight excluding hydrogens is 380 g/mol. The second-order valence-electron chi connectivity index (χ2n) is 7.97. The summed E-state index contributed by atoms with van der Waals surface area (Å²) in [5.41, 5.74) is 6.17. The molecule has 1 amide bonds. The minimum atomic E-state index is 0.0133. The number of rotatable bonds is 8. The standard InChI is InChI=1S/C28H30N2O/c1-3-22-16-11-17-24-26(20-30(4-2)28(22)24)25(23-14-9-6-10-15-23)18-27(31)29-19-21-12-7-5-8-13-21/h5-17,20,25H,3-4,18-19H2,1-2H3,(H,29,31). The summed E-state index contributed by atoms with van der Waals surface area (Å²) >= 11 is 0. The van der Waals surface area contributed by atoms with Crippen LogP contribution in [0.5, 0.6) is 0 Å². The van der Waals surface area contributed by atoms with Crippen molar-refractivity contribution in [2.75, 3.05) is 0 Å². The van der Waals surface area contributed by atoms with Crippen LogP contribution < -0.4 is 5.32 Å². The third kappa shape index (κ3) is 4.56.